The molecule has 1 heterocycles. The largest absolute Gasteiger partial charge is 0.443 e. The quantitative estimate of drug-likeness (QED) is 0.736. The molecular formula is C19H27NO2. The van der Waals surface area contributed by atoms with Crippen molar-refractivity contribution >= 4 is 11.8 Å². The maximum absolute atomic E-state index is 12.6. The first-order valence-electron chi connectivity index (χ1n) is 7.95. The topological polar surface area (TPSA) is 29.5 Å². The highest BCUT2D eigenvalue weighted by Gasteiger charge is 2.29. The van der Waals surface area contributed by atoms with Crippen LogP contribution in [0.15, 0.2) is 24.3 Å². The maximum atomic E-state index is 12.6. The molecule has 1 aliphatic heterocycles. The average Bonchev–Trinajstić information content (AvgIpc) is 2.40. The molecule has 0 N–H and O–H groups in total. The lowest BCUT2D eigenvalue weighted by Crippen LogP contribution is -2.39. The number of benzene rings is 1. The van der Waals surface area contributed by atoms with E-state index in [0.29, 0.717) is 12.5 Å². The van der Waals surface area contributed by atoms with Gasteiger partial charge in [0, 0.05) is 6.54 Å². The van der Waals surface area contributed by atoms with Crippen LogP contribution in [0, 0.1) is 19.8 Å². The number of amides is 1. The van der Waals surface area contributed by atoms with Crippen LogP contribution in [-0.4, -0.2) is 23.1 Å². The Bertz CT molecular complexity index is 596. The molecule has 0 radical (unpaired) electrons. The van der Waals surface area contributed by atoms with Gasteiger partial charge in [-0.2, -0.15) is 0 Å². The molecule has 1 aliphatic rings. The van der Waals surface area contributed by atoms with E-state index in [2.05, 4.69) is 45.0 Å². The number of rotatable bonds is 1. The minimum Gasteiger partial charge on any atom is -0.443 e. The number of ether oxygens (including phenoxy) is 1. The van der Waals surface area contributed by atoms with Gasteiger partial charge in [-0.25, -0.2) is 4.79 Å². The van der Waals surface area contributed by atoms with Gasteiger partial charge in [-0.3, -0.25) is 4.90 Å². The Morgan fingerprint density at radius 3 is 2.50 bits per heavy atom. The predicted octanol–water partition coefficient (Wildman–Crippen LogP) is 4.92. The van der Waals surface area contributed by atoms with Gasteiger partial charge in [0.15, 0.2) is 0 Å². The van der Waals surface area contributed by atoms with E-state index >= 15 is 0 Å². The van der Waals surface area contributed by atoms with Crippen molar-refractivity contribution in [2.45, 2.75) is 53.6 Å². The van der Waals surface area contributed by atoms with Crippen molar-refractivity contribution in [3.63, 3.8) is 0 Å². The molecule has 0 bridgehead atoms. The molecule has 0 spiro atoms. The first-order chi connectivity index (χ1) is 10.2. The van der Waals surface area contributed by atoms with E-state index in [-0.39, 0.29) is 6.09 Å². The van der Waals surface area contributed by atoms with Crippen LogP contribution in [0.5, 0.6) is 0 Å². The summed E-state index contributed by atoms with van der Waals surface area (Å²) in [6.45, 7) is 12.8. The van der Waals surface area contributed by atoms with Gasteiger partial charge in [-0.05, 0) is 69.7 Å². The van der Waals surface area contributed by atoms with E-state index < -0.39 is 5.60 Å². The molecule has 1 aromatic carbocycles. The second-order valence-corrected chi connectivity index (χ2v) is 7.32. The zero-order valence-corrected chi connectivity index (χ0v) is 14.6. The van der Waals surface area contributed by atoms with E-state index in [1.54, 1.807) is 4.90 Å². The van der Waals surface area contributed by atoms with Crippen molar-refractivity contribution in [3.05, 3.63) is 41.0 Å². The van der Waals surface area contributed by atoms with Gasteiger partial charge < -0.3 is 4.74 Å². The fourth-order valence-corrected chi connectivity index (χ4v) is 2.57. The Hall–Kier alpha value is -1.77. The monoisotopic (exact) mass is 301 g/mol. The molecule has 120 valence electrons. The molecule has 0 aromatic heterocycles. The summed E-state index contributed by atoms with van der Waals surface area (Å²) in [7, 11) is 0. The van der Waals surface area contributed by atoms with Gasteiger partial charge in [-0.1, -0.05) is 25.1 Å². The number of carbonyl (C=O) groups excluding carboxylic acids is 1. The molecule has 1 atom stereocenters. The highest BCUT2D eigenvalue weighted by Crippen LogP contribution is 2.30. The van der Waals surface area contributed by atoms with Crippen molar-refractivity contribution in [3.8, 4) is 0 Å². The van der Waals surface area contributed by atoms with E-state index in [0.717, 1.165) is 17.7 Å². The zero-order valence-electron chi connectivity index (χ0n) is 14.6. The average molecular weight is 301 g/mol. The van der Waals surface area contributed by atoms with E-state index in [4.69, 9.17) is 4.74 Å². The summed E-state index contributed by atoms with van der Waals surface area (Å²) >= 11 is 0. The molecule has 0 fully saturated rings. The Balaban J connectivity index is 2.33. The molecule has 3 nitrogen and oxygen atoms in total. The smallest absolute Gasteiger partial charge is 0.414 e. The fourth-order valence-electron chi connectivity index (χ4n) is 2.57. The molecule has 22 heavy (non-hydrogen) atoms. The van der Waals surface area contributed by atoms with Crippen molar-refractivity contribution in [2.24, 2.45) is 5.92 Å². The maximum Gasteiger partial charge on any atom is 0.414 e. The molecule has 0 aliphatic carbocycles. The number of hydrogen-bond donors (Lipinski definition) is 0. The lowest BCUT2D eigenvalue weighted by atomic mass is 9.96. The van der Waals surface area contributed by atoms with Crippen LogP contribution in [0.3, 0.4) is 0 Å². The van der Waals surface area contributed by atoms with Gasteiger partial charge in [0.25, 0.3) is 0 Å². The van der Waals surface area contributed by atoms with Gasteiger partial charge in [0.05, 0.1) is 5.70 Å². The first kappa shape index (κ1) is 16.6. The predicted molar refractivity (Wildman–Crippen MR) is 90.6 cm³/mol. The summed E-state index contributed by atoms with van der Waals surface area (Å²) < 4.78 is 5.58. The van der Waals surface area contributed by atoms with Gasteiger partial charge >= 0.3 is 6.09 Å². The number of carbonyl (C=O) groups is 1. The van der Waals surface area contributed by atoms with Crippen molar-refractivity contribution < 1.29 is 9.53 Å². The Labute approximate surface area is 134 Å². The normalized spacial score (nSPS) is 18.9. The van der Waals surface area contributed by atoms with Crippen LogP contribution in [0.4, 0.5) is 4.79 Å². The fraction of sp³-hybridized carbons (Fsp3) is 0.526. The van der Waals surface area contributed by atoms with Crippen molar-refractivity contribution in [1.29, 1.82) is 0 Å². The van der Waals surface area contributed by atoms with Crippen LogP contribution in [-0.2, 0) is 4.74 Å². The molecule has 0 unspecified atom stereocenters. The van der Waals surface area contributed by atoms with Gasteiger partial charge in [0.2, 0.25) is 0 Å². The van der Waals surface area contributed by atoms with Crippen LogP contribution in [0.25, 0.3) is 5.70 Å². The third kappa shape index (κ3) is 3.90. The van der Waals surface area contributed by atoms with E-state index in [1.807, 2.05) is 20.8 Å². The molecule has 3 heteroatoms. The van der Waals surface area contributed by atoms with Gasteiger partial charge in [-0.15, -0.1) is 0 Å². The third-order valence-electron chi connectivity index (χ3n) is 3.92. The summed E-state index contributed by atoms with van der Waals surface area (Å²) in [6.07, 6.45) is 2.88. The van der Waals surface area contributed by atoms with Crippen LogP contribution >= 0.6 is 0 Å². The summed E-state index contributed by atoms with van der Waals surface area (Å²) in [5.74, 6) is 0.447. The first-order valence-corrected chi connectivity index (χ1v) is 7.95. The molecule has 1 amide bonds. The third-order valence-corrected chi connectivity index (χ3v) is 3.92. The number of allylic oxidation sites excluding steroid dienone is 1. The lowest BCUT2D eigenvalue weighted by molar-refractivity contribution is 0.0327. The Kier molecular flexibility index (Phi) is 4.64. The second-order valence-electron chi connectivity index (χ2n) is 7.32. The highest BCUT2D eigenvalue weighted by atomic mass is 16.6. The molecule has 1 aromatic rings. The number of nitrogens with zero attached hydrogens (tertiary/aromatic N) is 1. The number of hydrogen-bond acceptors (Lipinski definition) is 2. The van der Waals surface area contributed by atoms with Crippen LogP contribution in [0.2, 0.25) is 0 Å². The molecule has 0 saturated carbocycles. The van der Waals surface area contributed by atoms with E-state index in [9.17, 15) is 4.79 Å². The minimum absolute atomic E-state index is 0.261. The molecular weight excluding hydrogens is 274 g/mol. The zero-order chi connectivity index (χ0) is 16.5. The number of aryl methyl sites for hydroxylation is 2. The van der Waals surface area contributed by atoms with E-state index in [1.165, 1.54) is 11.1 Å². The van der Waals surface area contributed by atoms with Crippen LogP contribution < -0.4 is 0 Å². The Morgan fingerprint density at radius 1 is 1.23 bits per heavy atom. The summed E-state index contributed by atoms with van der Waals surface area (Å²) in [5.41, 5.74) is 4.07. The lowest BCUT2D eigenvalue weighted by Gasteiger charge is -2.34. The SMILES string of the molecule is Cc1ccc(C2=CC[C@H](C)CN2C(=O)OC(C)(C)C)cc1C. The standard InChI is InChI=1S/C19H27NO2/c1-13-7-10-17(16-9-8-14(2)15(3)11-16)20(12-13)18(21)22-19(4,5)6/h8-11,13H,7,12H2,1-6H3/t13-/m0/s1. The molecule has 2 rings (SSSR count). The summed E-state index contributed by atoms with van der Waals surface area (Å²) in [4.78, 5) is 14.3. The van der Waals surface area contributed by atoms with Crippen LogP contribution in [0.1, 0.15) is 50.8 Å². The van der Waals surface area contributed by atoms with Crippen molar-refractivity contribution in [2.75, 3.05) is 6.54 Å². The van der Waals surface area contributed by atoms with Gasteiger partial charge in [0.1, 0.15) is 5.60 Å². The summed E-state index contributed by atoms with van der Waals surface area (Å²) in [5, 5.41) is 0. The highest BCUT2D eigenvalue weighted by molar-refractivity contribution is 5.83. The molecule has 0 saturated heterocycles. The second kappa shape index (κ2) is 6.15. The minimum atomic E-state index is -0.480. The van der Waals surface area contributed by atoms with Crippen molar-refractivity contribution in [1.82, 2.24) is 4.90 Å². The summed E-state index contributed by atoms with van der Waals surface area (Å²) in [6, 6.07) is 6.34. The Morgan fingerprint density at radius 2 is 1.91 bits per heavy atom.